The van der Waals surface area contributed by atoms with Gasteiger partial charge in [-0.25, -0.2) is 0 Å². The normalized spacial score (nSPS) is 11.5. The first-order chi connectivity index (χ1) is 30.7. The highest BCUT2D eigenvalue weighted by Gasteiger charge is 2.20. The summed E-state index contributed by atoms with van der Waals surface area (Å²) in [7, 11) is 0. The predicted octanol–water partition coefficient (Wildman–Crippen LogP) is 17.2. The predicted molar refractivity (Wildman–Crippen MR) is 263 cm³/mol. The molecule has 12 rings (SSSR count). The fourth-order valence-electron chi connectivity index (χ4n) is 9.52. The van der Waals surface area contributed by atoms with Crippen LogP contribution in [0, 0.1) is 0 Å². The van der Waals surface area contributed by atoms with Gasteiger partial charge in [-0.1, -0.05) is 182 Å². The Morgan fingerprint density at radius 3 is 1.52 bits per heavy atom. The summed E-state index contributed by atoms with van der Waals surface area (Å²) in [6, 6.07) is 85.4. The Bertz CT molecular complexity index is 3610. The van der Waals surface area contributed by atoms with Gasteiger partial charge in [-0.05, 0) is 126 Å². The van der Waals surface area contributed by atoms with Crippen LogP contribution in [0.25, 0.3) is 98.8 Å². The minimum atomic E-state index is 0.878. The van der Waals surface area contributed by atoms with Gasteiger partial charge in [0.15, 0.2) is 0 Å². The van der Waals surface area contributed by atoms with Crippen LogP contribution in [-0.4, -0.2) is 0 Å². The molecule has 1 aromatic heterocycles. The molecular formula is C60H39NO. The van der Waals surface area contributed by atoms with Crippen LogP contribution in [0.3, 0.4) is 0 Å². The minimum absolute atomic E-state index is 0.878. The number of hydrogen-bond acceptors (Lipinski definition) is 2. The second kappa shape index (κ2) is 14.8. The summed E-state index contributed by atoms with van der Waals surface area (Å²) in [6.07, 6.45) is 0. The summed E-state index contributed by atoms with van der Waals surface area (Å²) in [5, 5.41) is 9.51. The lowest BCUT2D eigenvalue weighted by Gasteiger charge is -2.26. The highest BCUT2D eigenvalue weighted by molar-refractivity contribution is 6.22. The van der Waals surface area contributed by atoms with Gasteiger partial charge in [0.1, 0.15) is 11.2 Å². The first-order valence-corrected chi connectivity index (χ1v) is 21.2. The van der Waals surface area contributed by atoms with Crippen molar-refractivity contribution >= 4 is 71.3 Å². The van der Waals surface area contributed by atoms with E-state index in [-0.39, 0.29) is 0 Å². The Hall–Kier alpha value is -8.20. The Labute approximate surface area is 360 Å². The summed E-state index contributed by atoms with van der Waals surface area (Å²) < 4.78 is 6.56. The van der Waals surface area contributed by atoms with Crippen LogP contribution in [0.5, 0.6) is 0 Å². The van der Waals surface area contributed by atoms with Gasteiger partial charge in [0, 0.05) is 33.2 Å². The van der Waals surface area contributed by atoms with Crippen LogP contribution in [0.2, 0.25) is 0 Å². The number of nitrogens with zero attached hydrogens (tertiary/aromatic N) is 1. The second-order valence-electron chi connectivity index (χ2n) is 16.0. The van der Waals surface area contributed by atoms with Crippen LogP contribution in [0.1, 0.15) is 0 Å². The third-order valence-corrected chi connectivity index (χ3v) is 12.4. The van der Waals surface area contributed by atoms with Crippen LogP contribution in [0.4, 0.5) is 17.1 Å². The quantitative estimate of drug-likeness (QED) is 0.150. The van der Waals surface area contributed by atoms with E-state index in [9.17, 15) is 0 Å². The topological polar surface area (TPSA) is 16.4 Å². The molecule has 0 saturated heterocycles. The van der Waals surface area contributed by atoms with Crippen molar-refractivity contribution in [3.05, 3.63) is 237 Å². The summed E-state index contributed by atoms with van der Waals surface area (Å²) in [6.45, 7) is 0. The molecule has 0 aliphatic heterocycles. The van der Waals surface area contributed by atoms with E-state index in [0.29, 0.717) is 0 Å². The smallest absolute Gasteiger partial charge is 0.143 e. The van der Waals surface area contributed by atoms with Crippen molar-refractivity contribution in [2.24, 2.45) is 0 Å². The summed E-state index contributed by atoms with van der Waals surface area (Å²) >= 11 is 0. The van der Waals surface area contributed by atoms with E-state index in [1.54, 1.807) is 0 Å². The van der Waals surface area contributed by atoms with Crippen molar-refractivity contribution < 1.29 is 4.42 Å². The molecule has 1 heterocycles. The Morgan fingerprint density at radius 1 is 0.258 bits per heavy atom. The zero-order valence-corrected chi connectivity index (χ0v) is 33.9. The Balaban J connectivity index is 1.02. The largest absolute Gasteiger partial charge is 0.455 e. The Kier molecular flexibility index (Phi) is 8.53. The summed E-state index contributed by atoms with van der Waals surface area (Å²) in [5.41, 5.74) is 14.6. The zero-order chi connectivity index (χ0) is 41.0. The number of hydrogen-bond donors (Lipinski definition) is 0. The van der Waals surface area contributed by atoms with Gasteiger partial charge in [0.05, 0.1) is 0 Å². The lowest BCUT2D eigenvalue weighted by Crippen LogP contribution is -2.10. The monoisotopic (exact) mass is 789 g/mol. The Morgan fingerprint density at radius 2 is 0.774 bits per heavy atom. The van der Waals surface area contributed by atoms with E-state index in [1.807, 2.05) is 0 Å². The van der Waals surface area contributed by atoms with Crippen LogP contribution < -0.4 is 4.90 Å². The molecule has 0 spiro atoms. The summed E-state index contributed by atoms with van der Waals surface area (Å²) in [5.74, 6) is 0. The third-order valence-electron chi connectivity index (χ3n) is 12.4. The lowest BCUT2D eigenvalue weighted by atomic mass is 9.84. The first-order valence-electron chi connectivity index (χ1n) is 21.2. The number of benzene rings is 11. The maximum atomic E-state index is 6.56. The van der Waals surface area contributed by atoms with Crippen molar-refractivity contribution in [3.8, 4) is 44.5 Å². The molecule has 2 heteroatoms. The average Bonchev–Trinajstić information content (AvgIpc) is 3.73. The van der Waals surface area contributed by atoms with E-state index in [4.69, 9.17) is 4.42 Å². The molecule has 0 radical (unpaired) electrons. The molecule has 2 nitrogen and oxygen atoms in total. The fourth-order valence-corrected chi connectivity index (χ4v) is 9.52. The molecule has 0 unspecified atom stereocenters. The highest BCUT2D eigenvalue weighted by atomic mass is 16.3. The third kappa shape index (κ3) is 6.04. The summed E-state index contributed by atoms with van der Waals surface area (Å²) in [4.78, 5) is 2.36. The molecule has 0 saturated carbocycles. The maximum absolute atomic E-state index is 6.56. The van der Waals surface area contributed by atoms with E-state index >= 15 is 0 Å². The molecule has 0 aliphatic carbocycles. The molecule has 0 aliphatic rings. The first kappa shape index (κ1) is 35.7. The molecule has 290 valence electrons. The standard InChI is InChI=1S/C60H39NO/c1-4-15-40(16-5-1)45-22-14-23-48(37-45)61(49-33-36-57-55(39-49)54-35-29-42-17-10-11-24-50(42)60(54)62-57)47-31-27-41(28-32-47)46-30-34-52-51-25-12-13-26-53(51)58(43-18-6-2-7-19-43)59(56(52)38-46)44-20-8-3-9-21-44/h1-39H. The van der Waals surface area contributed by atoms with Gasteiger partial charge in [-0.15, -0.1) is 0 Å². The lowest BCUT2D eigenvalue weighted by molar-refractivity contribution is 0.672. The van der Waals surface area contributed by atoms with Crippen molar-refractivity contribution in [1.82, 2.24) is 0 Å². The van der Waals surface area contributed by atoms with E-state index in [0.717, 1.165) is 50.0 Å². The van der Waals surface area contributed by atoms with Crippen LogP contribution in [0.15, 0.2) is 241 Å². The van der Waals surface area contributed by atoms with Crippen LogP contribution >= 0.6 is 0 Å². The number of rotatable bonds is 7. The number of fused-ring (bicyclic) bond motifs is 8. The van der Waals surface area contributed by atoms with Gasteiger partial charge in [0.25, 0.3) is 0 Å². The average molecular weight is 790 g/mol. The van der Waals surface area contributed by atoms with E-state index < -0.39 is 0 Å². The van der Waals surface area contributed by atoms with Gasteiger partial charge in [-0.3, -0.25) is 0 Å². The van der Waals surface area contributed by atoms with Gasteiger partial charge in [0.2, 0.25) is 0 Å². The molecule has 0 bridgehead atoms. The fraction of sp³-hybridized carbons (Fsp3) is 0. The van der Waals surface area contributed by atoms with Crippen molar-refractivity contribution in [2.45, 2.75) is 0 Å². The molecule has 0 fully saturated rings. The molecular weight excluding hydrogens is 751 g/mol. The molecule has 0 amide bonds. The minimum Gasteiger partial charge on any atom is -0.455 e. The molecule has 12 aromatic rings. The van der Waals surface area contributed by atoms with E-state index in [1.165, 1.54) is 65.9 Å². The van der Waals surface area contributed by atoms with Gasteiger partial charge >= 0.3 is 0 Å². The zero-order valence-electron chi connectivity index (χ0n) is 33.9. The number of anilines is 3. The molecule has 0 atom stereocenters. The van der Waals surface area contributed by atoms with Crippen LogP contribution in [-0.2, 0) is 0 Å². The second-order valence-corrected chi connectivity index (χ2v) is 16.0. The molecule has 0 N–H and O–H groups in total. The maximum Gasteiger partial charge on any atom is 0.143 e. The molecule has 62 heavy (non-hydrogen) atoms. The highest BCUT2D eigenvalue weighted by Crippen LogP contribution is 2.46. The van der Waals surface area contributed by atoms with Crippen molar-refractivity contribution in [3.63, 3.8) is 0 Å². The van der Waals surface area contributed by atoms with Gasteiger partial charge in [-0.2, -0.15) is 0 Å². The SMILES string of the molecule is c1ccc(-c2cccc(N(c3ccc(-c4ccc5c(c4)c(-c4ccccc4)c(-c4ccccc4)c4ccccc45)cc3)c3ccc4oc5c6ccccc6ccc5c4c3)c2)cc1. The van der Waals surface area contributed by atoms with Crippen molar-refractivity contribution in [1.29, 1.82) is 0 Å². The number of furan rings is 1. The van der Waals surface area contributed by atoms with Gasteiger partial charge < -0.3 is 9.32 Å². The van der Waals surface area contributed by atoms with E-state index in [2.05, 4.69) is 241 Å². The van der Waals surface area contributed by atoms with Crippen molar-refractivity contribution in [2.75, 3.05) is 4.90 Å². The molecule has 11 aromatic carbocycles.